The Balaban J connectivity index is 1.30. The molecule has 2 heterocycles. The van der Waals surface area contributed by atoms with Crippen molar-refractivity contribution in [3.05, 3.63) is 105 Å². The first-order valence-electron chi connectivity index (χ1n) is 12.0. The molecule has 0 fully saturated rings. The topological polar surface area (TPSA) is 150 Å². The van der Waals surface area contributed by atoms with E-state index in [9.17, 15) is 20.0 Å². The van der Waals surface area contributed by atoms with Gasteiger partial charge >= 0.3 is 5.97 Å². The van der Waals surface area contributed by atoms with Crippen LogP contribution in [0.1, 0.15) is 39.4 Å². The Hall–Kier alpha value is -4.06. The summed E-state index contributed by atoms with van der Waals surface area (Å²) in [4.78, 5) is 31.2. The highest BCUT2D eigenvalue weighted by atomic mass is 32.1. The van der Waals surface area contributed by atoms with Crippen LogP contribution in [-0.2, 0) is 22.6 Å². The number of hydrogen-bond acceptors (Lipinski definition) is 10. The lowest BCUT2D eigenvalue weighted by Gasteiger charge is -2.23. The molecule has 0 amide bonds. The molecule has 4 rings (SSSR count). The molecule has 0 spiro atoms. The number of benzene rings is 2. The third-order valence-electron chi connectivity index (χ3n) is 6.00. The van der Waals surface area contributed by atoms with Gasteiger partial charge in [-0.25, -0.2) is 4.79 Å². The standard InChI is InChI=1S/C27H28N4O6S/c28-15-23(26(32)30-25-14-21-10-11-29-16-24(21)38-25)20-8-6-19(7-9-20)17-36-27(33)22-5-1-3-18(13-22)4-2-12-37-31(34)35/h1,3,5-11,13-14,16,23,26,30,32H,2,4,12,15,17,28H2/t23-,26+/m1/s1. The van der Waals surface area contributed by atoms with Crippen LogP contribution in [0.25, 0.3) is 10.1 Å². The summed E-state index contributed by atoms with van der Waals surface area (Å²) < 4.78 is 6.49. The first-order valence-corrected chi connectivity index (χ1v) is 12.8. The Bertz CT molecular complexity index is 1340. The number of aryl methyl sites for hydroxylation is 1. The molecule has 38 heavy (non-hydrogen) atoms. The largest absolute Gasteiger partial charge is 0.457 e. The normalized spacial score (nSPS) is 12.6. The fourth-order valence-electron chi connectivity index (χ4n) is 4.01. The summed E-state index contributed by atoms with van der Waals surface area (Å²) >= 11 is 1.51. The number of carbonyl (C=O) groups is 1. The van der Waals surface area contributed by atoms with Crippen molar-refractivity contribution < 1.29 is 24.6 Å². The van der Waals surface area contributed by atoms with Gasteiger partial charge in [0.05, 0.1) is 21.9 Å². The number of pyridine rings is 1. The number of nitrogens with one attached hydrogen (secondary N) is 1. The molecular weight excluding hydrogens is 508 g/mol. The van der Waals surface area contributed by atoms with Gasteiger partial charge in [-0.15, -0.1) is 21.5 Å². The second-order valence-electron chi connectivity index (χ2n) is 8.63. The van der Waals surface area contributed by atoms with Crippen LogP contribution in [0.5, 0.6) is 0 Å². The lowest BCUT2D eigenvalue weighted by atomic mass is 9.96. The van der Waals surface area contributed by atoms with Gasteiger partial charge in [-0.1, -0.05) is 36.4 Å². The maximum Gasteiger partial charge on any atom is 0.338 e. The Morgan fingerprint density at radius 1 is 1.16 bits per heavy atom. The van der Waals surface area contributed by atoms with Gasteiger partial charge in [0.15, 0.2) is 0 Å². The number of hydrogen-bond donors (Lipinski definition) is 3. The highest BCUT2D eigenvalue weighted by molar-refractivity contribution is 7.22. The van der Waals surface area contributed by atoms with Crippen molar-refractivity contribution in [3.8, 4) is 0 Å². The Morgan fingerprint density at radius 3 is 2.71 bits per heavy atom. The van der Waals surface area contributed by atoms with Crippen molar-refractivity contribution in [2.75, 3.05) is 18.5 Å². The second kappa shape index (κ2) is 13.0. The molecule has 2 aromatic carbocycles. The quantitative estimate of drug-likeness (QED) is 0.0748. The molecule has 0 saturated carbocycles. The third kappa shape index (κ3) is 7.25. The molecule has 198 valence electrons. The van der Waals surface area contributed by atoms with Gasteiger partial charge in [0.25, 0.3) is 5.09 Å². The number of nitrogens with two attached hydrogens (primary N) is 1. The average Bonchev–Trinajstić information content (AvgIpc) is 3.33. The van der Waals surface area contributed by atoms with E-state index in [0.29, 0.717) is 18.4 Å². The molecule has 4 N–H and O–H groups in total. The van der Waals surface area contributed by atoms with Gasteiger partial charge in [-0.3, -0.25) is 4.98 Å². The van der Waals surface area contributed by atoms with Crippen molar-refractivity contribution in [1.29, 1.82) is 0 Å². The maximum absolute atomic E-state index is 12.5. The summed E-state index contributed by atoms with van der Waals surface area (Å²) in [6.07, 6.45) is 3.64. The highest BCUT2D eigenvalue weighted by Crippen LogP contribution is 2.31. The third-order valence-corrected chi connectivity index (χ3v) is 7.01. The molecule has 2 atom stereocenters. The first kappa shape index (κ1) is 27.0. The molecule has 2 aromatic heterocycles. The molecule has 11 heteroatoms. The van der Waals surface area contributed by atoms with Crippen molar-refractivity contribution in [2.45, 2.75) is 31.6 Å². The highest BCUT2D eigenvalue weighted by Gasteiger charge is 2.21. The fraction of sp³-hybridized carbons (Fsp3) is 0.259. The average molecular weight is 537 g/mol. The minimum atomic E-state index is -0.886. The van der Waals surface area contributed by atoms with E-state index in [-0.39, 0.29) is 25.7 Å². The summed E-state index contributed by atoms with van der Waals surface area (Å²) in [6.45, 7) is 0.325. The van der Waals surface area contributed by atoms with Crippen LogP contribution < -0.4 is 11.1 Å². The van der Waals surface area contributed by atoms with E-state index in [1.54, 1.807) is 30.6 Å². The van der Waals surface area contributed by atoms with Gasteiger partial charge in [0.1, 0.15) is 12.8 Å². The van der Waals surface area contributed by atoms with E-state index < -0.39 is 17.3 Å². The number of ether oxygens (including phenoxy) is 1. The number of carbonyl (C=O) groups excluding carboxylic acids is 1. The van der Waals surface area contributed by atoms with E-state index >= 15 is 0 Å². The number of aliphatic hydroxyl groups is 1. The minimum Gasteiger partial charge on any atom is -0.457 e. The SMILES string of the molecule is NC[C@H](c1ccc(COC(=O)c2cccc(CCCO[N+](=O)[O-])c2)cc1)[C@H](O)Nc1cc2ccncc2s1. The van der Waals surface area contributed by atoms with E-state index in [2.05, 4.69) is 15.1 Å². The van der Waals surface area contributed by atoms with Crippen LogP contribution in [0, 0.1) is 10.1 Å². The summed E-state index contributed by atoms with van der Waals surface area (Å²) in [5.74, 6) is -0.802. The Labute approximate surface area is 223 Å². The number of anilines is 1. The molecule has 0 aliphatic carbocycles. The molecule has 0 radical (unpaired) electrons. The number of aromatic nitrogens is 1. The molecule has 0 unspecified atom stereocenters. The molecular formula is C27H28N4O6S. The van der Waals surface area contributed by atoms with Crippen LogP contribution in [0.4, 0.5) is 5.00 Å². The molecule has 0 aliphatic rings. The predicted molar refractivity (Wildman–Crippen MR) is 144 cm³/mol. The molecule has 0 bridgehead atoms. The predicted octanol–water partition coefficient (Wildman–Crippen LogP) is 4.27. The van der Waals surface area contributed by atoms with Crippen LogP contribution in [-0.4, -0.2) is 40.5 Å². The van der Waals surface area contributed by atoms with Crippen LogP contribution in [0.3, 0.4) is 0 Å². The lowest BCUT2D eigenvalue weighted by Crippen LogP contribution is -2.32. The van der Waals surface area contributed by atoms with Crippen LogP contribution >= 0.6 is 11.3 Å². The van der Waals surface area contributed by atoms with Crippen LogP contribution in [0.2, 0.25) is 0 Å². The molecule has 10 nitrogen and oxygen atoms in total. The van der Waals surface area contributed by atoms with E-state index in [1.807, 2.05) is 42.5 Å². The summed E-state index contributed by atoms with van der Waals surface area (Å²) in [7, 11) is 0. The smallest absolute Gasteiger partial charge is 0.338 e. The minimum absolute atomic E-state index is 0.00141. The zero-order chi connectivity index (χ0) is 26.9. The lowest BCUT2D eigenvalue weighted by molar-refractivity contribution is -0.757. The molecule has 4 aromatic rings. The summed E-state index contributed by atoms with van der Waals surface area (Å²) in [6, 6.07) is 18.3. The Morgan fingerprint density at radius 2 is 1.97 bits per heavy atom. The van der Waals surface area contributed by atoms with Crippen molar-refractivity contribution in [2.24, 2.45) is 5.73 Å². The number of thiophene rings is 1. The maximum atomic E-state index is 12.5. The van der Waals surface area contributed by atoms with E-state index in [4.69, 9.17) is 10.5 Å². The summed E-state index contributed by atoms with van der Waals surface area (Å²) in [5, 5.41) is 25.3. The van der Waals surface area contributed by atoms with Gasteiger partial charge in [0, 0.05) is 24.9 Å². The second-order valence-corrected chi connectivity index (χ2v) is 9.72. The molecule has 0 aliphatic heterocycles. The van der Waals surface area contributed by atoms with Crippen molar-refractivity contribution in [1.82, 2.24) is 4.98 Å². The van der Waals surface area contributed by atoms with Crippen molar-refractivity contribution >= 4 is 32.4 Å². The number of esters is 1. The van der Waals surface area contributed by atoms with Gasteiger partial charge in [-0.2, -0.15) is 0 Å². The first-order chi connectivity index (χ1) is 18.4. The number of rotatable bonds is 13. The monoisotopic (exact) mass is 536 g/mol. The number of nitrogens with zero attached hydrogens (tertiary/aromatic N) is 2. The van der Waals surface area contributed by atoms with E-state index in [1.165, 1.54) is 11.3 Å². The number of fused-ring (bicyclic) bond motifs is 1. The van der Waals surface area contributed by atoms with Gasteiger partial charge in [0.2, 0.25) is 0 Å². The van der Waals surface area contributed by atoms with Crippen molar-refractivity contribution in [3.63, 3.8) is 0 Å². The van der Waals surface area contributed by atoms with Crippen LogP contribution in [0.15, 0.2) is 73.1 Å². The molecule has 0 saturated heterocycles. The Kier molecular flexibility index (Phi) is 9.20. The summed E-state index contributed by atoms with van der Waals surface area (Å²) in [5.41, 5.74) is 8.91. The van der Waals surface area contributed by atoms with Gasteiger partial charge in [-0.05, 0) is 59.2 Å². The van der Waals surface area contributed by atoms with E-state index in [0.717, 1.165) is 31.8 Å². The zero-order valence-corrected chi connectivity index (χ0v) is 21.3. The van der Waals surface area contributed by atoms with Gasteiger partial charge < -0.3 is 25.7 Å². The fourth-order valence-corrected chi connectivity index (χ4v) is 4.97. The number of aliphatic hydroxyl groups excluding tert-OH is 1. The zero-order valence-electron chi connectivity index (χ0n) is 20.5.